The van der Waals surface area contributed by atoms with E-state index >= 15 is 0 Å². The third-order valence-electron chi connectivity index (χ3n) is 4.48. The predicted octanol–water partition coefficient (Wildman–Crippen LogP) is 3.64. The van der Waals surface area contributed by atoms with Crippen molar-refractivity contribution in [1.82, 2.24) is 4.31 Å². The number of hydrogen-bond donors (Lipinski definition) is 0. The molecular weight excluding hydrogens is 336 g/mol. The van der Waals surface area contributed by atoms with E-state index in [9.17, 15) is 17.2 Å². The van der Waals surface area contributed by atoms with Gasteiger partial charge in [-0.1, -0.05) is 31.4 Å². The van der Waals surface area contributed by atoms with Crippen LogP contribution in [0.2, 0.25) is 0 Å². The Kier molecular flexibility index (Phi) is 7.13. The molecule has 0 atom stereocenters. The summed E-state index contributed by atoms with van der Waals surface area (Å²) in [5, 5.41) is 0. The van der Waals surface area contributed by atoms with Gasteiger partial charge in [0.05, 0.1) is 18.0 Å². The molecule has 24 heavy (non-hydrogen) atoms. The van der Waals surface area contributed by atoms with Crippen LogP contribution in [0.15, 0.2) is 29.2 Å². The molecule has 0 aliphatic heterocycles. The van der Waals surface area contributed by atoms with E-state index in [0.29, 0.717) is 5.92 Å². The summed E-state index contributed by atoms with van der Waals surface area (Å²) in [5.74, 6) is 0.473. The van der Waals surface area contributed by atoms with Crippen LogP contribution < -0.4 is 0 Å². The summed E-state index contributed by atoms with van der Waals surface area (Å²) in [5.41, 5.74) is 1.13. The second-order valence-corrected chi connectivity index (χ2v) is 8.09. The smallest absolute Gasteiger partial charge is 0.252 e. The van der Waals surface area contributed by atoms with E-state index in [-0.39, 0.29) is 18.0 Å². The number of benzene rings is 1. The average Bonchev–Trinajstić information content (AvgIpc) is 2.59. The largest absolute Gasteiger partial charge is 0.383 e. The van der Waals surface area contributed by atoms with Crippen LogP contribution in [0.25, 0.3) is 0 Å². The maximum absolute atomic E-state index is 12.7. The molecule has 0 N–H and O–H groups in total. The lowest BCUT2D eigenvalue weighted by molar-refractivity contribution is 0.106. The molecule has 1 aliphatic rings. The second-order valence-electron chi connectivity index (χ2n) is 6.15. The number of halogens is 2. The van der Waals surface area contributed by atoms with Crippen LogP contribution in [0.4, 0.5) is 8.78 Å². The Morgan fingerprint density at radius 3 is 2.33 bits per heavy atom. The third-order valence-corrected chi connectivity index (χ3v) is 6.36. The predicted molar refractivity (Wildman–Crippen MR) is 88.9 cm³/mol. The topological polar surface area (TPSA) is 46.6 Å². The molecular formula is C17H25F2NO3S. The molecule has 4 nitrogen and oxygen atoms in total. The van der Waals surface area contributed by atoms with Gasteiger partial charge in [-0.2, -0.15) is 4.31 Å². The minimum absolute atomic E-state index is 0.0545. The first-order valence-electron chi connectivity index (χ1n) is 8.32. The highest BCUT2D eigenvalue weighted by Crippen LogP contribution is 2.33. The number of methoxy groups -OCH3 is 1. The zero-order valence-corrected chi connectivity index (χ0v) is 14.8. The SMILES string of the molecule is COCCN(CC(F)F)S(=O)(=O)c1ccc(C2CCCCC2)cc1. The van der Waals surface area contributed by atoms with E-state index in [1.807, 2.05) is 12.1 Å². The standard InChI is InChI=1S/C17H25F2NO3S/c1-23-12-11-20(13-17(18)19)24(21,22)16-9-7-15(8-10-16)14-5-3-2-4-6-14/h7-10,14,17H,2-6,11-13H2,1H3. The maximum Gasteiger partial charge on any atom is 0.252 e. The Bertz CT molecular complexity index is 599. The van der Waals surface area contributed by atoms with Crippen molar-refractivity contribution in [2.24, 2.45) is 0 Å². The van der Waals surface area contributed by atoms with E-state index in [0.717, 1.165) is 22.7 Å². The molecule has 1 aromatic carbocycles. The van der Waals surface area contributed by atoms with Gasteiger partial charge in [0, 0.05) is 13.7 Å². The van der Waals surface area contributed by atoms with Gasteiger partial charge in [-0.25, -0.2) is 17.2 Å². The molecule has 1 aromatic rings. The summed E-state index contributed by atoms with van der Waals surface area (Å²) in [6, 6.07) is 6.70. The molecule has 136 valence electrons. The first-order valence-corrected chi connectivity index (χ1v) is 9.76. The van der Waals surface area contributed by atoms with Crippen molar-refractivity contribution in [3.05, 3.63) is 29.8 Å². The molecule has 0 spiro atoms. The molecule has 0 unspecified atom stereocenters. The van der Waals surface area contributed by atoms with Crippen molar-refractivity contribution >= 4 is 10.0 Å². The molecule has 1 fully saturated rings. The van der Waals surface area contributed by atoms with Crippen molar-refractivity contribution < 1.29 is 21.9 Å². The fourth-order valence-corrected chi connectivity index (χ4v) is 4.56. The van der Waals surface area contributed by atoms with Crippen LogP contribution in [0.3, 0.4) is 0 Å². The molecule has 1 aliphatic carbocycles. The Hall–Kier alpha value is -1.05. The Morgan fingerprint density at radius 1 is 1.17 bits per heavy atom. The molecule has 0 aromatic heterocycles. The lowest BCUT2D eigenvalue weighted by atomic mass is 9.84. The lowest BCUT2D eigenvalue weighted by Gasteiger charge is -2.23. The van der Waals surface area contributed by atoms with Gasteiger partial charge in [0.2, 0.25) is 10.0 Å². The first kappa shape index (κ1) is 19.3. The van der Waals surface area contributed by atoms with Crippen LogP contribution >= 0.6 is 0 Å². The molecule has 0 amide bonds. The van der Waals surface area contributed by atoms with Gasteiger partial charge in [0.1, 0.15) is 0 Å². The van der Waals surface area contributed by atoms with E-state index in [1.54, 1.807) is 0 Å². The van der Waals surface area contributed by atoms with Crippen LogP contribution in [-0.2, 0) is 14.8 Å². The summed E-state index contributed by atoms with van der Waals surface area (Å²) in [7, 11) is -2.53. The van der Waals surface area contributed by atoms with Crippen molar-refractivity contribution in [2.75, 3.05) is 26.8 Å². The first-order chi connectivity index (χ1) is 11.4. The Morgan fingerprint density at radius 2 is 1.79 bits per heavy atom. The molecule has 0 heterocycles. The Balaban J connectivity index is 2.16. The molecule has 1 saturated carbocycles. The van der Waals surface area contributed by atoms with Crippen LogP contribution in [0.5, 0.6) is 0 Å². The summed E-state index contributed by atoms with van der Waals surface area (Å²) >= 11 is 0. The average molecular weight is 361 g/mol. The third kappa shape index (κ3) is 4.97. The van der Waals surface area contributed by atoms with Crippen LogP contribution in [0.1, 0.15) is 43.6 Å². The molecule has 0 saturated heterocycles. The fourth-order valence-electron chi connectivity index (χ4n) is 3.15. The monoisotopic (exact) mass is 361 g/mol. The number of nitrogens with zero attached hydrogens (tertiary/aromatic N) is 1. The number of hydrogen-bond acceptors (Lipinski definition) is 3. The Labute approximate surface area is 142 Å². The summed E-state index contributed by atoms with van der Waals surface area (Å²) in [4.78, 5) is 0.0545. The zero-order chi connectivity index (χ0) is 17.6. The summed E-state index contributed by atoms with van der Waals surface area (Å²) < 4.78 is 56.3. The highest BCUT2D eigenvalue weighted by atomic mass is 32.2. The van der Waals surface area contributed by atoms with Crippen molar-refractivity contribution in [3.63, 3.8) is 0 Å². The summed E-state index contributed by atoms with van der Waals surface area (Å²) in [6.07, 6.45) is 3.17. The van der Waals surface area contributed by atoms with E-state index in [2.05, 4.69) is 0 Å². The highest BCUT2D eigenvalue weighted by Gasteiger charge is 2.27. The minimum Gasteiger partial charge on any atom is -0.383 e. The molecule has 0 bridgehead atoms. The van der Waals surface area contributed by atoms with Gasteiger partial charge in [-0.3, -0.25) is 0 Å². The van der Waals surface area contributed by atoms with Gasteiger partial charge >= 0.3 is 0 Å². The molecule has 7 heteroatoms. The summed E-state index contributed by atoms with van der Waals surface area (Å²) in [6.45, 7) is -0.838. The number of ether oxygens (including phenoxy) is 1. The van der Waals surface area contributed by atoms with Gasteiger partial charge in [-0.15, -0.1) is 0 Å². The number of alkyl halides is 2. The van der Waals surface area contributed by atoms with Crippen LogP contribution in [0, 0.1) is 0 Å². The van der Waals surface area contributed by atoms with Gasteiger partial charge in [0.15, 0.2) is 0 Å². The van der Waals surface area contributed by atoms with E-state index in [1.165, 1.54) is 38.5 Å². The second kappa shape index (κ2) is 8.87. The van der Waals surface area contributed by atoms with Gasteiger partial charge in [-0.05, 0) is 36.5 Å². The van der Waals surface area contributed by atoms with E-state index in [4.69, 9.17) is 4.74 Å². The van der Waals surface area contributed by atoms with E-state index < -0.39 is 23.0 Å². The van der Waals surface area contributed by atoms with Crippen LogP contribution in [-0.4, -0.2) is 46.0 Å². The molecule has 2 rings (SSSR count). The lowest BCUT2D eigenvalue weighted by Crippen LogP contribution is -2.37. The highest BCUT2D eigenvalue weighted by molar-refractivity contribution is 7.89. The quantitative estimate of drug-likeness (QED) is 0.710. The van der Waals surface area contributed by atoms with Gasteiger partial charge in [0.25, 0.3) is 6.43 Å². The molecule has 0 radical (unpaired) electrons. The van der Waals surface area contributed by atoms with Gasteiger partial charge < -0.3 is 4.74 Å². The van der Waals surface area contributed by atoms with Crippen molar-refractivity contribution in [3.8, 4) is 0 Å². The van der Waals surface area contributed by atoms with Crippen molar-refractivity contribution in [2.45, 2.75) is 49.3 Å². The number of sulfonamides is 1. The minimum atomic E-state index is -3.94. The van der Waals surface area contributed by atoms with Crippen molar-refractivity contribution in [1.29, 1.82) is 0 Å². The maximum atomic E-state index is 12.7. The number of rotatable bonds is 8. The zero-order valence-electron chi connectivity index (χ0n) is 14.0. The fraction of sp³-hybridized carbons (Fsp3) is 0.647. The normalized spacial score (nSPS) is 16.9.